The van der Waals surface area contributed by atoms with Crippen LogP contribution in [0.25, 0.3) is 0 Å². The summed E-state index contributed by atoms with van der Waals surface area (Å²) in [5, 5.41) is 21.5. The molecule has 2 aromatic rings. The van der Waals surface area contributed by atoms with E-state index in [1.165, 1.54) is 12.1 Å². The molecule has 1 atom stereocenters. The summed E-state index contributed by atoms with van der Waals surface area (Å²) in [7, 11) is -3.84. The molecule has 9 heteroatoms. The van der Waals surface area contributed by atoms with Gasteiger partial charge in [-0.2, -0.15) is 5.26 Å². The minimum Gasteiger partial charge on any atom is -0.382 e. The lowest BCUT2D eigenvalue weighted by Gasteiger charge is -2.16. The second-order valence-electron chi connectivity index (χ2n) is 6.08. The number of benzene rings is 2. The molecule has 26 heavy (non-hydrogen) atoms. The molecule has 5 nitrogen and oxygen atoms in total. The van der Waals surface area contributed by atoms with Crippen molar-refractivity contribution in [3.63, 3.8) is 0 Å². The van der Waals surface area contributed by atoms with E-state index in [1.54, 1.807) is 6.07 Å². The van der Waals surface area contributed by atoms with E-state index in [0.717, 1.165) is 24.5 Å². The van der Waals surface area contributed by atoms with Crippen LogP contribution in [0.4, 0.5) is 24.5 Å². The average Bonchev–Trinajstić information content (AvgIpc) is 2.77. The maximum Gasteiger partial charge on any atom is 0.281 e. The van der Waals surface area contributed by atoms with Crippen LogP contribution in [0, 0.1) is 17.1 Å². The van der Waals surface area contributed by atoms with E-state index < -0.39 is 34.1 Å². The van der Waals surface area contributed by atoms with Crippen LogP contribution in [0.1, 0.15) is 22.8 Å². The molecule has 2 aromatic carbocycles. The zero-order valence-corrected chi connectivity index (χ0v) is 14.2. The van der Waals surface area contributed by atoms with Crippen molar-refractivity contribution < 1.29 is 26.7 Å². The van der Waals surface area contributed by atoms with E-state index in [1.807, 2.05) is 0 Å². The molecule has 0 bridgehead atoms. The van der Waals surface area contributed by atoms with Crippen molar-refractivity contribution in [2.24, 2.45) is 0 Å². The van der Waals surface area contributed by atoms with E-state index in [4.69, 9.17) is 5.26 Å². The number of rotatable bonds is 3. The van der Waals surface area contributed by atoms with E-state index in [2.05, 4.69) is 5.32 Å². The van der Waals surface area contributed by atoms with Crippen LogP contribution in [-0.4, -0.2) is 25.7 Å². The van der Waals surface area contributed by atoms with Crippen molar-refractivity contribution in [1.29, 1.82) is 5.26 Å². The number of aliphatic hydroxyl groups excluding tert-OH is 1. The molecule has 0 saturated carbocycles. The largest absolute Gasteiger partial charge is 0.382 e. The van der Waals surface area contributed by atoms with Crippen molar-refractivity contribution in [1.82, 2.24) is 0 Å². The Kier molecular flexibility index (Phi) is 4.21. The summed E-state index contributed by atoms with van der Waals surface area (Å²) < 4.78 is 65.4. The molecule has 0 aromatic heterocycles. The predicted molar refractivity (Wildman–Crippen MR) is 87.6 cm³/mol. The minimum atomic E-state index is -3.84. The van der Waals surface area contributed by atoms with Gasteiger partial charge in [-0.3, -0.25) is 0 Å². The van der Waals surface area contributed by atoms with Gasteiger partial charge >= 0.3 is 0 Å². The summed E-state index contributed by atoms with van der Waals surface area (Å²) >= 11 is 0. The fourth-order valence-corrected chi connectivity index (χ4v) is 3.95. The van der Waals surface area contributed by atoms with Crippen molar-refractivity contribution in [2.45, 2.75) is 23.3 Å². The van der Waals surface area contributed by atoms with Gasteiger partial charge in [-0.05, 0) is 35.9 Å². The lowest BCUT2D eigenvalue weighted by molar-refractivity contribution is -0.0975. The molecule has 3 rings (SSSR count). The van der Waals surface area contributed by atoms with E-state index in [9.17, 15) is 26.7 Å². The third-order valence-electron chi connectivity index (χ3n) is 4.11. The van der Waals surface area contributed by atoms with Crippen LogP contribution in [-0.2, 0) is 16.3 Å². The zero-order chi connectivity index (χ0) is 19.3. The predicted octanol–water partition coefficient (Wildman–Crippen LogP) is 3.07. The van der Waals surface area contributed by atoms with E-state index in [0.29, 0.717) is 0 Å². The molecule has 1 unspecified atom stereocenters. The SMILES string of the molecule is CS(=O)(=O)c1ccc(Nc2cc(F)cc(C#N)c2)c2c1C(O)C(F)(F)C2. The molecule has 0 saturated heterocycles. The quantitative estimate of drug-likeness (QED) is 0.852. The van der Waals surface area contributed by atoms with Crippen molar-refractivity contribution in [3.8, 4) is 6.07 Å². The first kappa shape index (κ1) is 18.2. The number of nitriles is 1. The first-order valence-electron chi connectivity index (χ1n) is 7.42. The minimum absolute atomic E-state index is 0.0299. The highest BCUT2D eigenvalue weighted by Crippen LogP contribution is 2.48. The second-order valence-corrected chi connectivity index (χ2v) is 8.07. The maximum absolute atomic E-state index is 14.0. The number of fused-ring (bicyclic) bond motifs is 1. The van der Waals surface area contributed by atoms with Gasteiger partial charge in [-0.25, -0.2) is 21.6 Å². The molecule has 0 heterocycles. The van der Waals surface area contributed by atoms with Crippen LogP contribution in [0.15, 0.2) is 35.2 Å². The molecule has 136 valence electrons. The van der Waals surface area contributed by atoms with Gasteiger partial charge in [0.15, 0.2) is 9.84 Å². The number of hydrogen-bond donors (Lipinski definition) is 2. The first-order chi connectivity index (χ1) is 12.0. The van der Waals surface area contributed by atoms with Gasteiger partial charge in [-0.1, -0.05) is 0 Å². The van der Waals surface area contributed by atoms with Crippen LogP contribution < -0.4 is 5.32 Å². The summed E-state index contributed by atoms with van der Waals surface area (Å²) in [4.78, 5) is -0.375. The van der Waals surface area contributed by atoms with Crippen molar-refractivity contribution in [3.05, 3.63) is 52.8 Å². The molecule has 0 amide bonds. The first-order valence-corrected chi connectivity index (χ1v) is 9.31. The fourth-order valence-electron chi connectivity index (χ4n) is 3.00. The van der Waals surface area contributed by atoms with Crippen LogP contribution in [0.5, 0.6) is 0 Å². The number of alkyl halides is 2. The summed E-state index contributed by atoms with van der Waals surface area (Å²) in [6.07, 6.45) is -2.26. The Balaban J connectivity index is 2.15. The van der Waals surface area contributed by atoms with Gasteiger partial charge in [0, 0.05) is 29.6 Å². The monoisotopic (exact) mass is 382 g/mol. The van der Waals surface area contributed by atoms with Crippen molar-refractivity contribution >= 4 is 21.2 Å². The Bertz CT molecular complexity index is 1050. The fraction of sp³-hybridized carbons (Fsp3) is 0.235. The Morgan fingerprint density at radius 1 is 1.31 bits per heavy atom. The molecular formula is C17H13F3N2O3S. The third kappa shape index (κ3) is 3.13. The molecule has 0 fully saturated rings. The molecule has 1 aliphatic rings. The maximum atomic E-state index is 14.0. The summed E-state index contributed by atoms with van der Waals surface area (Å²) in [6.45, 7) is 0. The van der Waals surface area contributed by atoms with Gasteiger partial charge in [0.25, 0.3) is 5.92 Å². The lowest BCUT2D eigenvalue weighted by atomic mass is 10.1. The Morgan fingerprint density at radius 3 is 2.62 bits per heavy atom. The lowest BCUT2D eigenvalue weighted by Crippen LogP contribution is -2.22. The molecule has 0 radical (unpaired) electrons. The number of halogens is 3. The third-order valence-corrected chi connectivity index (χ3v) is 5.26. The van der Waals surface area contributed by atoms with Crippen LogP contribution in [0.3, 0.4) is 0 Å². The Morgan fingerprint density at radius 2 is 2.00 bits per heavy atom. The highest BCUT2D eigenvalue weighted by Gasteiger charge is 2.49. The number of hydrogen-bond acceptors (Lipinski definition) is 5. The average molecular weight is 382 g/mol. The summed E-state index contributed by atoms with van der Waals surface area (Å²) in [5.41, 5.74) is -0.145. The number of aliphatic hydroxyl groups is 1. The van der Waals surface area contributed by atoms with Gasteiger partial charge in [0.05, 0.1) is 16.5 Å². The molecule has 0 spiro atoms. The summed E-state index contributed by atoms with van der Waals surface area (Å²) in [5.74, 6) is -4.22. The van der Waals surface area contributed by atoms with Gasteiger partial charge in [0.2, 0.25) is 0 Å². The highest BCUT2D eigenvalue weighted by molar-refractivity contribution is 7.90. The molecular weight excluding hydrogens is 369 g/mol. The van der Waals surface area contributed by atoms with E-state index >= 15 is 0 Å². The molecule has 1 aliphatic carbocycles. The smallest absolute Gasteiger partial charge is 0.281 e. The summed E-state index contributed by atoms with van der Waals surface area (Å²) in [6, 6.07) is 7.58. The second kappa shape index (κ2) is 6.00. The number of nitrogens with zero attached hydrogens (tertiary/aromatic N) is 1. The van der Waals surface area contributed by atoms with Crippen LogP contribution >= 0.6 is 0 Å². The Hall–Kier alpha value is -2.57. The van der Waals surface area contributed by atoms with Crippen molar-refractivity contribution in [2.75, 3.05) is 11.6 Å². The zero-order valence-electron chi connectivity index (χ0n) is 13.4. The molecule has 0 aliphatic heterocycles. The Labute approximate surface area is 147 Å². The number of nitrogens with one attached hydrogen (secondary N) is 1. The molecule has 2 N–H and O–H groups in total. The number of sulfone groups is 1. The number of anilines is 2. The normalized spacial score (nSPS) is 18.2. The van der Waals surface area contributed by atoms with Gasteiger partial charge in [0.1, 0.15) is 11.9 Å². The van der Waals surface area contributed by atoms with E-state index in [-0.39, 0.29) is 33.0 Å². The standard InChI is InChI=1S/C17H13F3N2O3S/c1-26(24,25)14-3-2-13(12-7-17(19,20)16(23)15(12)14)22-11-5-9(8-21)4-10(18)6-11/h2-6,16,22-23H,7H2,1H3. The topological polar surface area (TPSA) is 90.2 Å². The highest BCUT2D eigenvalue weighted by atomic mass is 32.2. The van der Waals surface area contributed by atoms with Gasteiger partial charge < -0.3 is 10.4 Å². The van der Waals surface area contributed by atoms with Gasteiger partial charge in [-0.15, -0.1) is 0 Å². The van der Waals surface area contributed by atoms with Crippen LogP contribution in [0.2, 0.25) is 0 Å².